The average molecular weight is 384 g/mol. The van der Waals surface area contributed by atoms with Gasteiger partial charge in [0.05, 0.1) is 17.9 Å². The zero-order valence-corrected chi connectivity index (χ0v) is 16.4. The molecule has 0 saturated carbocycles. The number of nitrogens with one attached hydrogen (secondary N) is 1. The molecule has 0 atom stereocenters. The molecule has 0 radical (unpaired) electrons. The van der Waals surface area contributed by atoms with Gasteiger partial charge < -0.3 is 14.6 Å². The van der Waals surface area contributed by atoms with Crippen LogP contribution >= 0.6 is 0 Å². The molecule has 0 spiro atoms. The van der Waals surface area contributed by atoms with Crippen molar-refractivity contribution < 1.29 is 24.2 Å². The van der Waals surface area contributed by atoms with E-state index >= 15 is 0 Å². The number of amidine groups is 1. The highest BCUT2D eigenvalue weighted by molar-refractivity contribution is 5.95. The molecule has 1 amide bonds. The molecule has 0 fully saturated rings. The van der Waals surface area contributed by atoms with Gasteiger partial charge in [-0.05, 0) is 69.7 Å². The Morgan fingerprint density at radius 1 is 1.04 bits per heavy atom. The van der Waals surface area contributed by atoms with Gasteiger partial charge in [-0.3, -0.25) is 5.32 Å². The summed E-state index contributed by atoms with van der Waals surface area (Å²) in [5, 5.41) is 11.6. The highest BCUT2D eigenvalue weighted by Crippen LogP contribution is 2.17. The van der Waals surface area contributed by atoms with E-state index in [1.807, 2.05) is 0 Å². The van der Waals surface area contributed by atoms with Gasteiger partial charge in [-0.2, -0.15) is 0 Å². The lowest BCUT2D eigenvalue weighted by Crippen LogP contribution is -2.35. The Morgan fingerprint density at radius 2 is 1.64 bits per heavy atom. The van der Waals surface area contributed by atoms with Crippen LogP contribution in [0.3, 0.4) is 0 Å². The molecule has 0 aliphatic carbocycles. The quantitative estimate of drug-likeness (QED) is 0.360. The summed E-state index contributed by atoms with van der Waals surface area (Å²) in [6, 6.07) is 13.1. The summed E-state index contributed by atoms with van der Waals surface area (Å²) in [4.78, 5) is 28.2. The fraction of sp³-hybridized carbons (Fsp3) is 0.286. The number of benzene rings is 2. The standard InChI is InChI=1S/C21H24N2O5/c1-14(23-20(26)28-21(2,3)4)22-17-9-7-16(8-10-17)19(25)27-18-11-5-15(13-24)6-12-18/h5-12,24H,13H2,1-4H3,(H,22,23,26). The van der Waals surface area contributed by atoms with Gasteiger partial charge in [-0.25, -0.2) is 14.6 Å². The predicted octanol–water partition coefficient (Wildman–Crippen LogP) is 3.97. The summed E-state index contributed by atoms with van der Waals surface area (Å²) in [5.74, 6) is 0.256. The lowest BCUT2D eigenvalue weighted by molar-refractivity contribution is 0.0562. The van der Waals surface area contributed by atoms with Crippen LogP contribution in [0.5, 0.6) is 5.75 Å². The first kappa shape index (κ1) is 21.1. The average Bonchev–Trinajstić information content (AvgIpc) is 2.61. The van der Waals surface area contributed by atoms with Gasteiger partial charge in [0.2, 0.25) is 0 Å². The minimum atomic E-state index is -0.592. The lowest BCUT2D eigenvalue weighted by Gasteiger charge is -2.19. The van der Waals surface area contributed by atoms with E-state index in [1.165, 1.54) is 0 Å². The Bertz CT molecular complexity index is 850. The third-order valence-corrected chi connectivity index (χ3v) is 3.40. The smallest absolute Gasteiger partial charge is 0.413 e. The number of aliphatic hydroxyl groups excluding tert-OH is 1. The van der Waals surface area contributed by atoms with Gasteiger partial charge in [0, 0.05) is 0 Å². The highest BCUT2D eigenvalue weighted by Gasteiger charge is 2.16. The van der Waals surface area contributed by atoms with E-state index in [4.69, 9.17) is 14.6 Å². The molecule has 148 valence electrons. The van der Waals surface area contributed by atoms with Gasteiger partial charge in [0.25, 0.3) is 0 Å². The molecule has 2 aromatic rings. The molecule has 0 aliphatic heterocycles. The summed E-state index contributed by atoms with van der Waals surface area (Å²) in [7, 11) is 0. The molecular weight excluding hydrogens is 360 g/mol. The molecule has 7 nitrogen and oxygen atoms in total. The molecule has 28 heavy (non-hydrogen) atoms. The zero-order valence-electron chi connectivity index (χ0n) is 16.4. The predicted molar refractivity (Wildman–Crippen MR) is 106 cm³/mol. The van der Waals surface area contributed by atoms with E-state index in [1.54, 1.807) is 76.2 Å². The molecule has 2 N–H and O–H groups in total. The summed E-state index contributed by atoms with van der Waals surface area (Å²) in [6.07, 6.45) is -0.582. The van der Waals surface area contributed by atoms with Gasteiger partial charge in [0.1, 0.15) is 17.2 Å². The number of carbonyl (C=O) groups is 2. The van der Waals surface area contributed by atoms with Crippen LogP contribution in [0.1, 0.15) is 43.6 Å². The molecule has 0 heterocycles. The Kier molecular flexibility index (Phi) is 6.89. The van der Waals surface area contributed by atoms with Gasteiger partial charge >= 0.3 is 12.1 Å². The third-order valence-electron chi connectivity index (χ3n) is 3.40. The van der Waals surface area contributed by atoms with E-state index in [0.717, 1.165) is 5.56 Å². The molecule has 0 aliphatic rings. The number of hydrogen-bond acceptors (Lipinski definition) is 6. The molecule has 0 aromatic heterocycles. The fourth-order valence-electron chi connectivity index (χ4n) is 2.17. The Morgan fingerprint density at radius 3 is 2.18 bits per heavy atom. The van der Waals surface area contributed by atoms with Crippen molar-refractivity contribution in [3.63, 3.8) is 0 Å². The van der Waals surface area contributed by atoms with Crippen LogP contribution in [-0.2, 0) is 11.3 Å². The normalized spacial score (nSPS) is 11.7. The first-order chi connectivity index (χ1) is 13.2. The maximum Gasteiger partial charge on any atom is 0.413 e. The van der Waals surface area contributed by atoms with E-state index in [2.05, 4.69) is 10.3 Å². The lowest BCUT2D eigenvalue weighted by atomic mass is 10.2. The van der Waals surface area contributed by atoms with Crippen molar-refractivity contribution in [3.8, 4) is 5.75 Å². The largest absolute Gasteiger partial charge is 0.444 e. The molecule has 2 rings (SSSR count). The Balaban J connectivity index is 1.97. The van der Waals surface area contributed by atoms with Crippen molar-refractivity contribution >= 4 is 23.6 Å². The van der Waals surface area contributed by atoms with Crippen LogP contribution in [0.15, 0.2) is 53.5 Å². The van der Waals surface area contributed by atoms with Crippen molar-refractivity contribution in [2.75, 3.05) is 0 Å². The summed E-state index contributed by atoms with van der Waals surface area (Å²) < 4.78 is 10.5. The van der Waals surface area contributed by atoms with Crippen LogP contribution in [0, 0.1) is 0 Å². The number of alkyl carbamates (subject to hydrolysis) is 1. The number of hydrogen-bond donors (Lipinski definition) is 2. The number of esters is 1. The monoisotopic (exact) mass is 384 g/mol. The number of nitrogens with zero attached hydrogens (tertiary/aromatic N) is 1. The maximum absolute atomic E-state index is 12.2. The summed E-state index contributed by atoms with van der Waals surface area (Å²) in [5.41, 5.74) is 1.07. The van der Waals surface area contributed by atoms with E-state index < -0.39 is 17.7 Å². The fourth-order valence-corrected chi connectivity index (χ4v) is 2.17. The van der Waals surface area contributed by atoms with Crippen LogP contribution in [0.2, 0.25) is 0 Å². The van der Waals surface area contributed by atoms with Crippen molar-refractivity contribution in [1.29, 1.82) is 0 Å². The van der Waals surface area contributed by atoms with Gasteiger partial charge in [-0.1, -0.05) is 12.1 Å². The van der Waals surface area contributed by atoms with Crippen LogP contribution < -0.4 is 10.1 Å². The van der Waals surface area contributed by atoms with Crippen molar-refractivity contribution in [2.45, 2.75) is 39.9 Å². The number of carbonyl (C=O) groups excluding carboxylic acids is 2. The van der Waals surface area contributed by atoms with Crippen LogP contribution in [0.25, 0.3) is 0 Å². The second kappa shape index (κ2) is 9.14. The Hall–Kier alpha value is -3.19. The number of amides is 1. The van der Waals surface area contributed by atoms with E-state index in [-0.39, 0.29) is 6.61 Å². The molecule has 0 saturated heterocycles. The topological polar surface area (TPSA) is 97.2 Å². The molecule has 0 bridgehead atoms. The van der Waals surface area contributed by atoms with Gasteiger partial charge in [-0.15, -0.1) is 0 Å². The van der Waals surface area contributed by atoms with Crippen LogP contribution in [-0.4, -0.2) is 28.6 Å². The second-order valence-electron chi connectivity index (χ2n) is 7.06. The molecular formula is C21H24N2O5. The van der Waals surface area contributed by atoms with Gasteiger partial charge in [0.15, 0.2) is 0 Å². The number of ether oxygens (including phenoxy) is 2. The third kappa shape index (κ3) is 6.85. The number of rotatable bonds is 4. The van der Waals surface area contributed by atoms with Crippen LogP contribution in [0.4, 0.5) is 10.5 Å². The minimum absolute atomic E-state index is 0.0710. The SMILES string of the molecule is CC(=Nc1ccc(C(=O)Oc2ccc(CO)cc2)cc1)NC(=O)OC(C)(C)C. The Labute approximate surface area is 164 Å². The summed E-state index contributed by atoms with van der Waals surface area (Å²) >= 11 is 0. The summed E-state index contributed by atoms with van der Waals surface area (Å²) in [6.45, 7) is 6.90. The molecule has 2 aromatic carbocycles. The van der Waals surface area contributed by atoms with Crippen molar-refractivity contribution in [1.82, 2.24) is 5.32 Å². The number of aliphatic hydroxyl groups is 1. The van der Waals surface area contributed by atoms with E-state index in [0.29, 0.717) is 22.8 Å². The second-order valence-corrected chi connectivity index (χ2v) is 7.06. The molecule has 0 unspecified atom stereocenters. The first-order valence-electron chi connectivity index (χ1n) is 8.73. The van der Waals surface area contributed by atoms with E-state index in [9.17, 15) is 9.59 Å². The maximum atomic E-state index is 12.2. The van der Waals surface area contributed by atoms with Crippen molar-refractivity contribution in [3.05, 3.63) is 59.7 Å². The number of aliphatic imine (C=N–C) groups is 1. The first-order valence-corrected chi connectivity index (χ1v) is 8.73. The molecule has 7 heteroatoms. The van der Waals surface area contributed by atoms with Crippen molar-refractivity contribution in [2.24, 2.45) is 4.99 Å². The minimum Gasteiger partial charge on any atom is -0.444 e. The zero-order chi connectivity index (χ0) is 20.7. The highest BCUT2D eigenvalue weighted by atomic mass is 16.6.